The Morgan fingerprint density at radius 1 is 0.947 bits per heavy atom. The minimum Gasteiger partial charge on any atom is -0.257 e. The standard InChI is InChI=1S/C18H19N/c1-13-8-4-5-9-15(13)12-18(3)14(2)19-17-11-7-6-10-16(17)18/h4-11H,12H2,1-3H3/t18-/m0/s1. The summed E-state index contributed by atoms with van der Waals surface area (Å²) in [6.07, 6.45) is 1.02. The average molecular weight is 249 g/mol. The fourth-order valence-electron chi connectivity index (χ4n) is 2.95. The van der Waals surface area contributed by atoms with Crippen LogP contribution in [0.3, 0.4) is 0 Å². The zero-order chi connectivity index (χ0) is 13.5. The molecule has 3 rings (SSSR count). The Balaban J connectivity index is 2.05. The summed E-state index contributed by atoms with van der Waals surface area (Å²) >= 11 is 0. The Morgan fingerprint density at radius 2 is 1.63 bits per heavy atom. The first-order valence-corrected chi connectivity index (χ1v) is 6.81. The van der Waals surface area contributed by atoms with E-state index in [-0.39, 0.29) is 5.41 Å². The Morgan fingerprint density at radius 3 is 2.42 bits per heavy atom. The second-order valence-corrected chi connectivity index (χ2v) is 5.65. The minimum absolute atomic E-state index is 0.0305. The molecule has 0 fully saturated rings. The molecular weight excluding hydrogens is 230 g/mol. The number of nitrogens with zero attached hydrogens (tertiary/aromatic N) is 1. The van der Waals surface area contributed by atoms with Crippen LogP contribution in [0, 0.1) is 6.92 Å². The molecule has 0 bridgehead atoms. The first-order chi connectivity index (χ1) is 9.11. The molecule has 0 aromatic heterocycles. The second kappa shape index (κ2) is 4.34. The van der Waals surface area contributed by atoms with Crippen LogP contribution in [0.2, 0.25) is 0 Å². The summed E-state index contributed by atoms with van der Waals surface area (Å²) < 4.78 is 0. The Hall–Kier alpha value is -1.89. The van der Waals surface area contributed by atoms with E-state index in [0.717, 1.165) is 12.1 Å². The summed E-state index contributed by atoms with van der Waals surface area (Å²) in [6, 6.07) is 17.2. The van der Waals surface area contributed by atoms with Crippen LogP contribution in [-0.4, -0.2) is 5.71 Å². The third-order valence-corrected chi connectivity index (χ3v) is 4.39. The SMILES string of the molecule is CC1=Nc2ccccc2[C@@]1(C)Cc1ccccc1C. The van der Waals surface area contributed by atoms with E-state index in [2.05, 4.69) is 69.3 Å². The second-order valence-electron chi connectivity index (χ2n) is 5.65. The molecular formula is C18H19N. The zero-order valence-electron chi connectivity index (χ0n) is 11.8. The van der Waals surface area contributed by atoms with Gasteiger partial charge in [-0.2, -0.15) is 0 Å². The maximum Gasteiger partial charge on any atom is 0.0670 e. The van der Waals surface area contributed by atoms with Crippen LogP contribution >= 0.6 is 0 Å². The first kappa shape index (κ1) is 12.2. The van der Waals surface area contributed by atoms with Crippen molar-refractivity contribution in [2.75, 3.05) is 0 Å². The highest BCUT2D eigenvalue weighted by atomic mass is 14.8. The van der Waals surface area contributed by atoms with Gasteiger partial charge in [-0.05, 0) is 49.9 Å². The number of hydrogen-bond donors (Lipinski definition) is 0. The molecule has 1 heterocycles. The molecule has 96 valence electrons. The summed E-state index contributed by atoms with van der Waals surface area (Å²) in [5.74, 6) is 0. The van der Waals surface area contributed by atoms with E-state index < -0.39 is 0 Å². The van der Waals surface area contributed by atoms with E-state index in [1.165, 1.54) is 22.4 Å². The van der Waals surface area contributed by atoms with Crippen LogP contribution in [0.4, 0.5) is 5.69 Å². The summed E-state index contributed by atoms with van der Waals surface area (Å²) in [7, 11) is 0. The van der Waals surface area contributed by atoms with Crippen LogP contribution in [-0.2, 0) is 11.8 Å². The Labute approximate surface area is 115 Å². The van der Waals surface area contributed by atoms with Crippen molar-refractivity contribution in [1.82, 2.24) is 0 Å². The van der Waals surface area contributed by atoms with Crippen molar-refractivity contribution in [2.45, 2.75) is 32.6 Å². The third kappa shape index (κ3) is 1.90. The van der Waals surface area contributed by atoms with Gasteiger partial charge in [-0.3, -0.25) is 4.99 Å². The highest BCUT2D eigenvalue weighted by molar-refractivity contribution is 6.00. The number of rotatable bonds is 2. The van der Waals surface area contributed by atoms with Gasteiger partial charge in [0.15, 0.2) is 0 Å². The van der Waals surface area contributed by atoms with Gasteiger partial charge in [0.1, 0.15) is 0 Å². The summed E-state index contributed by atoms with van der Waals surface area (Å²) in [4.78, 5) is 4.75. The number of fused-ring (bicyclic) bond motifs is 1. The van der Waals surface area contributed by atoms with E-state index in [0.29, 0.717) is 0 Å². The monoisotopic (exact) mass is 249 g/mol. The third-order valence-electron chi connectivity index (χ3n) is 4.39. The van der Waals surface area contributed by atoms with Crippen molar-refractivity contribution in [3.05, 3.63) is 65.2 Å². The van der Waals surface area contributed by atoms with Gasteiger partial charge in [0.2, 0.25) is 0 Å². The summed E-state index contributed by atoms with van der Waals surface area (Å²) in [5, 5.41) is 0. The molecule has 1 aliphatic rings. The molecule has 1 aliphatic heterocycles. The molecule has 0 amide bonds. The fourth-order valence-corrected chi connectivity index (χ4v) is 2.95. The van der Waals surface area contributed by atoms with Gasteiger partial charge in [-0.15, -0.1) is 0 Å². The summed E-state index contributed by atoms with van der Waals surface area (Å²) in [5.41, 5.74) is 6.52. The van der Waals surface area contributed by atoms with Crippen LogP contribution in [0.25, 0.3) is 0 Å². The highest BCUT2D eigenvalue weighted by Gasteiger charge is 2.36. The van der Waals surface area contributed by atoms with Gasteiger partial charge in [0.25, 0.3) is 0 Å². The summed E-state index contributed by atoms with van der Waals surface area (Å²) in [6.45, 7) is 6.65. The van der Waals surface area contributed by atoms with Gasteiger partial charge < -0.3 is 0 Å². The molecule has 1 nitrogen and oxygen atoms in total. The number of aliphatic imine (C=N–C) groups is 1. The van der Waals surface area contributed by atoms with Crippen molar-refractivity contribution >= 4 is 11.4 Å². The Kier molecular flexibility index (Phi) is 2.78. The van der Waals surface area contributed by atoms with E-state index >= 15 is 0 Å². The van der Waals surface area contributed by atoms with Crippen molar-refractivity contribution < 1.29 is 0 Å². The predicted molar refractivity (Wildman–Crippen MR) is 81.4 cm³/mol. The van der Waals surface area contributed by atoms with Gasteiger partial charge in [0, 0.05) is 11.1 Å². The maximum atomic E-state index is 4.75. The van der Waals surface area contributed by atoms with Gasteiger partial charge in [0.05, 0.1) is 5.69 Å². The van der Waals surface area contributed by atoms with Crippen LogP contribution in [0.15, 0.2) is 53.5 Å². The van der Waals surface area contributed by atoms with Crippen LogP contribution < -0.4 is 0 Å². The highest BCUT2D eigenvalue weighted by Crippen LogP contribution is 2.42. The molecule has 1 heteroatoms. The molecule has 19 heavy (non-hydrogen) atoms. The number of benzene rings is 2. The molecule has 2 aromatic carbocycles. The smallest absolute Gasteiger partial charge is 0.0670 e. The lowest BCUT2D eigenvalue weighted by Crippen LogP contribution is -2.30. The van der Waals surface area contributed by atoms with E-state index in [1.807, 2.05) is 0 Å². The topological polar surface area (TPSA) is 12.4 Å². The minimum atomic E-state index is 0.0305. The zero-order valence-corrected chi connectivity index (χ0v) is 11.8. The van der Waals surface area contributed by atoms with E-state index in [4.69, 9.17) is 4.99 Å². The quantitative estimate of drug-likeness (QED) is 0.737. The largest absolute Gasteiger partial charge is 0.257 e. The molecule has 2 aromatic rings. The molecule has 0 saturated carbocycles. The predicted octanol–water partition coefficient (Wildman–Crippen LogP) is 4.60. The van der Waals surface area contributed by atoms with Crippen molar-refractivity contribution in [3.63, 3.8) is 0 Å². The lowest BCUT2D eigenvalue weighted by molar-refractivity contribution is 0.642. The first-order valence-electron chi connectivity index (χ1n) is 6.81. The molecule has 0 N–H and O–H groups in total. The lowest BCUT2D eigenvalue weighted by atomic mass is 9.74. The van der Waals surface area contributed by atoms with Crippen molar-refractivity contribution in [1.29, 1.82) is 0 Å². The maximum absolute atomic E-state index is 4.75. The van der Waals surface area contributed by atoms with E-state index in [9.17, 15) is 0 Å². The molecule has 0 spiro atoms. The van der Waals surface area contributed by atoms with Crippen LogP contribution in [0.1, 0.15) is 30.5 Å². The van der Waals surface area contributed by atoms with E-state index in [1.54, 1.807) is 0 Å². The molecule has 0 aliphatic carbocycles. The molecule has 0 radical (unpaired) electrons. The van der Waals surface area contributed by atoms with Crippen molar-refractivity contribution in [3.8, 4) is 0 Å². The fraction of sp³-hybridized carbons (Fsp3) is 0.278. The average Bonchev–Trinajstić information content (AvgIpc) is 2.65. The Bertz CT molecular complexity index is 654. The molecule has 0 unspecified atom stereocenters. The van der Waals surface area contributed by atoms with Crippen LogP contribution in [0.5, 0.6) is 0 Å². The lowest BCUT2D eigenvalue weighted by Gasteiger charge is -2.27. The van der Waals surface area contributed by atoms with Gasteiger partial charge >= 0.3 is 0 Å². The molecule has 1 atom stereocenters. The number of hydrogen-bond acceptors (Lipinski definition) is 1. The number of aryl methyl sites for hydroxylation is 1. The normalized spacial score (nSPS) is 21.1. The van der Waals surface area contributed by atoms with Crippen molar-refractivity contribution in [2.24, 2.45) is 4.99 Å². The van der Waals surface area contributed by atoms with Gasteiger partial charge in [-0.1, -0.05) is 42.5 Å². The number of para-hydroxylation sites is 1. The molecule has 0 saturated heterocycles. The van der Waals surface area contributed by atoms with Gasteiger partial charge in [-0.25, -0.2) is 0 Å².